The zero-order chi connectivity index (χ0) is 20.7. The molecule has 3 heterocycles. The summed E-state index contributed by atoms with van der Waals surface area (Å²) < 4.78 is 0.699. The van der Waals surface area contributed by atoms with E-state index in [0.29, 0.717) is 10.9 Å². The molecule has 2 aliphatic heterocycles. The molecule has 6 nitrogen and oxygen atoms in total. The number of aliphatic hydroxyl groups is 1. The monoisotopic (exact) mass is 441 g/mol. The molecule has 0 aliphatic carbocycles. The van der Waals surface area contributed by atoms with Gasteiger partial charge in [-0.1, -0.05) is 18.0 Å². The molecule has 1 aromatic rings. The quantitative estimate of drug-likeness (QED) is 0.448. The van der Waals surface area contributed by atoms with Gasteiger partial charge in [-0.05, 0) is 78.0 Å². The summed E-state index contributed by atoms with van der Waals surface area (Å²) in [5, 5.41) is 17.1. The molecule has 1 atom stereocenters. The Morgan fingerprint density at radius 1 is 1.21 bits per heavy atom. The summed E-state index contributed by atoms with van der Waals surface area (Å²) in [5.74, 6) is 0.782. The third-order valence-corrected chi connectivity index (χ3v) is 7.54. The molecule has 2 saturated heterocycles. The fourth-order valence-electron chi connectivity index (χ4n) is 4.35. The Kier molecular flexibility index (Phi) is 8.62. The number of rotatable bonds is 7. The summed E-state index contributed by atoms with van der Waals surface area (Å²) in [4.78, 5) is 11.0. The maximum absolute atomic E-state index is 10.4. The van der Waals surface area contributed by atoms with Crippen molar-refractivity contribution in [1.82, 2.24) is 20.4 Å². The lowest BCUT2D eigenvalue weighted by Crippen LogP contribution is -2.58. The molecule has 0 bridgehead atoms. The van der Waals surface area contributed by atoms with Crippen molar-refractivity contribution in [3.05, 3.63) is 21.3 Å². The van der Waals surface area contributed by atoms with Crippen molar-refractivity contribution in [2.45, 2.75) is 50.7 Å². The molecule has 2 aliphatic rings. The van der Waals surface area contributed by atoms with Crippen LogP contribution >= 0.6 is 22.9 Å². The van der Waals surface area contributed by atoms with Crippen LogP contribution in [0.1, 0.15) is 50.0 Å². The van der Waals surface area contributed by atoms with Crippen molar-refractivity contribution >= 4 is 28.9 Å². The van der Waals surface area contributed by atoms with Crippen LogP contribution in [-0.2, 0) is 0 Å². The van der Waals surface area contributed by atoms with E-state index in [1.54, 1.807) is 0 Å². The Morgan fingerprint density at radius 2 is 1.93 bits per heavy atom. The molecular formula is C21H36ClN5OS. The van der Waals surface area contributed by atoms with E-state index in [4.69, 9.17) is 16.6 Å². The molecule has 0 amide bonds. The minimum absolute atomic E-state index is 0.162. The molecule has 3 rings (SSSR count). The van der Waals surface area contributed by atoms with Gasteiger partial charge in [-0.3, -0.25) is 9.89 Å². The van der Waals surface area contributed by atoms with Crippen LogP contribution in [0.5, 0.6) is 0 Å². The van der Waals surface area contributed by atoms with Crippen LogP contribution in [0, 0.1) is 0 Å². The van der Waals surface area contributed by atoms with Crippen LogP contribution in [0.4, 0.5) is 0 Å². The Morgan fingerprint density at radius 3 is 2.55 bits per heavy atom. The highest BCUT2D eigenvalue weighted by molar-refractivity contribution is 7.16. The number of likely N-dealkylation sites (tertiary alicyclic amines) is 2. The molecule has 164 valence electrons. The highest BCUT2D eigenvalue weighted by Crippen LogP contribution is 2.32. The summed E-state index contributed by atoms with van der Waals surface area (Å²) in [7, 11) is 2.22. The van der Waals surface area contributed by atoms with Crippen LogP contribution < -0.4 is 10.6 Å². The van der Waals surface area contributed by atoms with Crippen LogP contribution in [-0.4, -0.2) is 79.3 Å². The van der Waals surface area contributed by atoms with Gasteiger partial charge < -0.3 is 20.6 Å². The maximum atomic E-state index is 10.4. The largest absolute Gasteiger partial charge is 0.386 e. The third kappa shape index (κ3) is 6.31. The predicted molar refractivity (Wildman–Crippen MR) is 123 cm³/mol. The van der Waals surface area contributed by atoms with E-state index < -0.39 is 6.10 Å². The molecule has 1 unspecified atom stereocenters. The van der Waals surface area contributed by atoms with Gasteiger partial charge >= 0.3 is 0 Å². The second-order valence-electron chi connectivity index (χ2n) is 8.31. The molecule has 3 N–H and O–H groups in total. The lowest BCUT2D eigenvalue weighted by molar-refractivity contribution is 0.0208. The minimum Gasteiger partial charge on any atom is -0.386 e. The molecule has 0 radical (unpaired) electrons. The Labute approximate surface area is 184 Å². The lowest BCUT2D eigenvalue weighted by Gasteiger charge is -2.49. The van der Waals surface area contributed by atoms with E-state index in [9.17, 15) is 5.11 Å². The number of piperidine rings is 2. The highest BCUT2D eigenvalue weighted by atomic mass is 35.5. The fraction of sp³-hybridized carbons (Fsp3) is 0.762. The van der Waals surface area contributed by atoms with Crippen molar-refractivity contribution < 1.29 is 5.11 Å². The first-order valence-electron chi connectivity index (χ1n) is 10.9. The van der Waals surface area contributed by atoms with Crippen molar-refractivity contribution in [3.8, 4) is 0 Å². The number of hydrogen-bond donors (Lipinski definition) is 3. The van der Waals surface area contributed by atoms with Crippen molar-refractivity contribution in [2.75, 3.05) is 52.9 Å². The number of guanidine groups is 1. The predicted octanol–water partition coefficient (Wildman–Crippen LogP) is 2.94. The minimum atomic E-state index is -0.587. The van der Waals surface area contributed by atoms with Crippen molar-refractivity contribution in [2.24, 2.45) is 4.99 Å². The lowest BCUT2D eigenvalue weighted by atomic mass is 9.84. The van der Waals surface area contributed by atoms with E-state index >= 15 is 0 Å². The molecule has 29 heavy (non-hydrogen) atoms. The third-order valence-electron chi connectivity index (χ3n) is 6.21. The summed E-state index contributed by atoms with van der Waals surface area (Å²) in [5.41, 5.74) is 0.162. The number of aliphatic hydroxyl groups excluding tert-OH is 1. The van der Waals surface area contributed by atoms with Gasteiger partial charge in [-0.2, -0.15) is 0 Å². The average Bonchev–Trinajstić information content (AvgIpc) is 3.18. The number of hydrogen-bond acceptors (Lipinski definition) is 5. The Bertz CT molecular complexity index is 653. The average molecular weight is 442 g/mol. The summed E-state index contributed by atoms with van der Waals surface area (Å²) in [6.45, 7) is 8.75. The van der Waals surface area contributed by atoms with Crippen molar-refractivity contribution in [1.29, 1.82) is 0 Å². The van der Waals surface area contributed by atoms with Gasteiger partial charge in [0.2, 0.25) is 0 Å². The molecular weight excluding hydrogens is 406 g/mol. The molecule has 0 spiro atoms. The summed E-state index contributed by atoms with van der Waals surface area (Å²) >= 11 is 7.41. The Balaban J connectivity index is 1.65. The van der Waals surface area contributed by atoms with Gasteiger partial charge in [-0.25, -0.2) is 0 Å². The topological polar surface area (TPSA) is 63.1 Å². The normalized spacial score (nSPS) is 22.4. The first kappa shape index (κ1) is 22.8. The zero-order valence-electron chi connectivity index (χ0n) is 17.8. The van der Waals surface area contributed by atoms with E-state index in [0.717, 1.165) is 37.0 Å². The van der Waals surface area contributed by atoms with Crippen molar-refractivity contribution in [3.63, 3.8) is 0 Å². The molecule has 0 saturated carbocycles. The van der Waals surface area contributed by atoms with Gasteiger partial charge in [0.25, 0.3) is 0 Å². The molecule has 0 aromatic carbocycles. The van der Waals surface area contributed by atoms with E-state index in [2.05, 4.69) is 34.4 Å². The second kappa shape index (κ2) is 11.0. The molecule has 1 aromatic heterocycles. The number of nitrogens with zero attached hydrogens (tertiary/aromatic N) is 3. The van der Waals surface area contributed by atoms with Crippen LogP contribution in [0.2, 0.25) is 4.34 Å². The van der Waals surface area contributed by atoms with E-state index in [1.165, 1.54) is 56.5 Å². The van der Waals surface area contributed by atoms with Crippen LogP contribution in [0.3, 0.4) is 0 Å². The van der Waals surface area contributed by atoms with Gasteiger partial charge in [0.05, 0.1) is 10.9 Å². The van der Waals surface area contributed by atoms with Crippen LogP contribution in [0.25, 0.3) is 0 Å². The van der Waals surface area contributed by atoms with E-state index in [1.807, 2.05) is 12.1 Å². The maximum Gasteiger partial charge on any atom is 0.191 e. The summed E-state index contributed by atoms with van der Waals surface area (Å²) in [6, 6.07) is 3.71. The van der Waals surface area contributed by atoms with Gasteiger partial charge in [0.15, 0.2) is 5.96 Å². The van der Waals surface area contributed by atoms with Gasteiger partial charge in [0.1, 0.15) is 6.10 Å². The summed E-state index contributed by atoms with van der Waals surface area (Å²) in [6.07, 6.45) is 5.70. The first-order chi connectivity index (χ1) is 14.0. The first-order valence-corrected chi connectivity index (χ1v) is 12.1. The second-order valence-corrected chi connectivity index (χ2v) is 10.1. The standard InChI is InChI=1S/C21H36ClN5OS/c1-3-23-20(24-15-17(28)18-7-8-19(22)29-18)25-16-21(9-13-26(2)14-10-21)27-11-5-4-6-12-27/h7-8,17,28H,3-6,9-16H2,1-2H3,(H2,23,24,25). The van der Waals surface area contributed by atoms with Gasteiger partial charge in [-0.15, -0.1) is 11.3 Å². The molecule has 2 fully saturated rings. The van der Waals surface area contributed by atoms with E-state index in [-0.39, 0.29) is 5.54 Å². The number of thiophene rings is 1. The van der Waals surface area contributed by atoms with Crippen LogP contribution in [0.15, 0.2) is 17.1 Å². The SMILES string of the molecule is CCNC(=NCC1(N2CCCCC2)CCN(C)CC1)NCC(O)c1ccc(Cl)s1. The Hall–Kier alpha value is -0.860. The molecule has 8 heteroatoms. The number of nitrogens with one attached hydrogen (secondary N) is 2. The fourth-order valence-corrected chi connectivity index (χ4v) is 5.39. The zero-order valence-corrected chi connectivity index (χ0v) is 19.4. The highest BCUT2D eigenvalue weighted by Gasteiger charge is 2.39. The number of aliphatic imine (C=N–C) groups is 1. The number of halogens is 1. The smallest absolute Gasteiger partial charge is 0.191 e. The van der Waals surface area contributed by atoms with Gasteiger partial charge in [0, 0.05) is 23.5 Å².